The average Bonchev–Trinajstić information content (AvgIpc) is 3.31. The number of phenols is 1. The Hall–Kier alpha value is -5.83. The summed E-state index contributed by atoms with van der Waals surface area (Å²) in [5.74, 6) is -2.41. The fourth-order valence-electron chi connectivity index (χ4n) is 5.87. The second kappa shape index (κ2) is 12.9. The number of anilines is 3. The first-order valence-electron chi connectivity index (χ1n) is 14.9. The minimum Gasteiger partial charge on any atom is -0.507 e. The molecule has 1 unspecified atom stereocenters. The van der Waals surface area contributed by atoms with Crippen molar-refractivity contribution in [3.8, 4) is 17.0 Å². The number of aromatic hydroxyl groups is 1. The van der Waals surface area contributed by atoms with E-state index in [2.05, 4.69) is 27.4 Å². The Morgan fingerprint density at radius 2 is 1.74 bits per heavy atom. The summed E-state index contributed by atoms with van der Waals surface area (Å²) in [4.78, 5) is 68.9. The number of carbonyl (C=O) groups excluding carboxylic acids is 5. The zero-order valence-corrected chi connectivity index (χ0v) is 25.3. The van der Waals surface area contributed by atoms with Crippen LogP contribution in [0.25, 0.3) is 11.3 Å². The van der Waals surface area contributed by atoms with Crippen LogP contribution in [-0.4, -0.2) is 100 Å². The van der Waals surface area contributed by atoms with Gasteiger partial charge in [0.25, 0.3) is 11.8 Å². The third-order valence-corrected chi connectivity index (χ3v) is 8.27. The zero-order chi connectivity index (χ0) is 33.2. The first-order valence-corrected chi connectivity index (χ1v) is 14.9. The SMILES string of the molecule is C=C1CCC(N2C(=O)c3cccc(NC(=O)COCC(=O)N4CCN(c5cc(-c6ccccc6O)nnc5N)CC4)c3C2=O)C(=O)N1. The molecule has 3 aromatic rings. The minimum atomic E-state index is -0.979. The Labute approximate surface area is 269 Å². The number of nitrogen functional groups attached to an aromatic ring is 1. The van der Waals surface area contributed by atoms with Crippen LogP contribution in [0.5, 0.6) is 5.75 Å². The van der Waals surface area contributed by atoms with Crippen LogP contribution in [0.3, 0.4) is 0 Å². The number of allylic oxidation sites excluding steroid dienone is 1. The number of ether oxygens (including phenoxy) is 1. The smallest absolute Gasteiger partial charge is 0.264 e. The van der Waals surface area contributed by atoms with E-state index < -0.39 is 36.3 Å². The summed E-state index contributed by atoms with van der Waals surface area (Å²) >= 11 is 0. The van der Waals surface area contributed by atoms with E-state index in [4.69, 9.17) is 10.5 Å². The molecule has 2 fully saturated rings. The molecule has 0 radical (unpaired) electrons. The fourth-order valence-corrected chi connectivity index (χ4v) is 5.87. The van der Waals surface area contributed by atoms with Crippen LogP contribution >= 0.6 is 0 Å². The number of carbonyl (C=O) groups is 5. The fraction of sp³-hybridized carbons (Fsp3) is 0.281. The number of phenolic OH excluding ortho intramolecular Hbond substituents is 1. The summed E-state index contributed by atoms with van der Waals surface area (Å²) in [6.07, 6.45) is 0.683. The Morgan fingerprint density at radius 1 is 1.00 bits per heavy atom. The monoisotopic (exact) mass is 640 g/mol. The van der Waals surface area contributed by atoms with Gasteiger partial charge in [0.05, 0.1) is 28.2 Å². The highest BCUT2D eigenvalue weighted by atomic mass is 16.5. The van der Waals surface area contributed by atoms with Gasteiger partial charge in [-0.05, 0) is 43.2 Å². The summed E-state index contributed by atoms with van der Waals surface area (Å²) < 4.78 is 5.39. The number of nitrogens with zero attached hydrogens (tertiary/aromatic N) is 5. The van der Waals surface area contributed by atoms with Crippen molar-refractivity contribution in [2.45, 2.75) is 18.9 Å². The van der Waals surface area contributed by atoms with E-state index in [1.54, 1.807) is 35.2 Å². The topological polar surface area (TPSA) is 200 Å². The lowest BCUT2D eigenvalue weighted by Crippen LogP contribution is -2.51. The largest absolute Gasteiger partial charge is 0.507 e. The highest BCUT2D eigenvalue weighted by Gasteiger charge is 2.45. The molecule has 15 heteroatoms. The first kappa shape index (κ1) is 31.2. The molecule has 5 N–H and O–H groups in total. The van der Waals surface area contributed by atoms with Gasteiger partial charge < -0.3 is 36.0 Å². The van der Waals surface area contributed by atoms with Crippen molar-refractivity contribution in [2.75, 3.05) is 55.3 Å². The molecular weight excluding hydrogens is 608 g/mol. The Balaban J connectivity index is 1.00. The van der Waals surface area contributed by atoms with E-state index in [-0.39, 0.29) is 47.3 Å². The summed E-state index contributed by atoms with van der Waals surface area (Å²) in [7, 11) is 0. The molecule has 0 aliphatic carbocycles. The maximum Gasteiger partial charge on any atom is 0.264 e. The van der Waals surface area contributed by atoms with Crippen LogP contribution < -0.4 is 21.3 Å². The van der Waals surface area contributed by atoms with Gasteiger partial charge in [0.15, 0.2) is 5.82 Å². The van der Waals surface area contributed by atoms with Gasteiger partial charge in [0.2, 0.25) is 17.7 Å². The average molecular weight is 641 g/mol. The standard InChI is InChI=1S/C32H32N8O7/c1-18-9-10-23(30(44)34-18)40-31(45)20-6-4-7-21(28(20)32(40)46)35-26(42)16-47-17-27(43)39-13-11-38(12-14-39)24-15-22(36-37-29(24)33)19-5-2-3-8-25(19)41/h2-8,15,23,41H,1,9-14,16-17H2,(H2,33,37)(H,34,44)(H,35,42). The molecule has 1 aromatic heterocycles. The van der Waals surface area contributed by atoms with E-state index in [1.165, 1.54) is 18.2 Å². The second-order valence-corrected chi connectivity index (χ2v) is 11.3. The molecule has 242 valence electrons. The third kappa shape index (κ3) is 6.20. The number of imide groups is 1. The van der Waals surface area contributed by atoms with E-state index in [0.29, 0.717) is 55.2 Å². The van der Waals surface area contributed by atoms with Crippen molar-refractivity contribution in [1.82, 2.24) is 25.3 Å². The molecule has 2 aromatic carbocycles. The lowest BCUT2D eigenvalue weighted by Gasteiger charge is -2.36. The maximum atomic E-state index is 13.3. The van der Waals surface area contributed by atoms with Gasteiger partial charge in [0.1, 0.15) is 25.0 Å². The molecule has 47 heavy (non-hydrogen) atoms. The second-order valence-electron chi connectivity index (χ2n) is 11.3. The van der Waals surface area contributed by atoms with E-state index >= 15 is 0 Å². The van der Waals surface area contributed by atoms with Crippen molar-refractivity contribution in [2.24, 2.45) is 0 Å². The molecule has 5 amide bonds. The summed E-state index contributed by atoms with van der Waals surface area (Å²) in [6, 6.07) is 12.0. The minimum absolute atomic E-state index is 0.00489. The van der Waals surface area contributed by atoms with Crippen molar-refractivity contribution < 1.29 is 33.8 Å². The molecule has 4 heterocycles. The van der Waals surface area contributed by atoms with Crippen molar-refractivity contribution in [3.63, 3.8) is 0 Å². The van der Waals surface area contributed by atoms with Crippen LogP contribution in [-0.2, 0) is 19.1 Å². The number of piperazine rings is 1. The first-order chi connectivity index (χ1) is 22.6. The number of nitrogens with one attached hydrogen (secondary N) is 2. The van der Waals surface area contributed by atoms with Gasteiger partial charge in [0, 0.05) is 37.4 Å². The van der Waals surface area contributed by atoms with Gasteiger partial charge in [-0.25, -0.2) is 0 Å². The number of aromatic nitrogens is 2. The predicted octanol–water partition coefficient (Wildman–Crippen LogP) is 1.12. The Kier molecular flexibility index (Phi) is 8.54. The van der Waals surface area contributed by atoms with E-state index in [1.807, 2.05) is 4.90 Å². The molecule has 3 aliphatic rings. The molecule has 2 saturated heterocycles. The number of piperidine rings is 1. The van der Waals surface area contributed by atoms with Gasteiger partial charge in [-0.2, -0.15) is 0 Å². The number of hydrogen-bond acceptors (Lipinski definition) is 11. The molecule has 0 saturated carbocycles. The van der Waals surface area contributed by atoms with Crippen molar-refractivity contribution in [1.29, 1.82) is 0 Å². The van der Waals surface area contributed by atoms with E-state index in [9.17, 15) is 29.1 Å². The number of para-hydroxylation sites is 1. The molecule has 15 nitrogen and oxygen atoms in total. The number of rotatable bonds is 8. The summed E-state index contributed by atoms with van der Waals surface area (Å²) in [5, 5.41) is 23.5. The lowest BCUT2D eigenvalue weighted by atomic mass is 10.0. The van der Waals surface area contributed by atoms with Gasteiger partial charge >= 0.3 is 0 Å². The van der Waals surface area contributed by atoms with E-state index in [0.717, 1.165) is 4.90 Å². The molecule has 0 spiro atoms. The van der Waals surface area contributed by atoms with Gasteiger partial charge in [-0.3, -0.25) is 28.9 Å². The molecule has 6 rings (SSSR count). The number of benzene rings is 2. The predicted molar refractivity (Wildman–Crippen MR) is 169 cm³/mol. The highest BCUT2D eigenvalue weighted by Crippen LogP contribution is 2.34. The van der Waals surface area contributed by atoms with Crippen LogP contribution in [0, 0.1) is 0 Å². The van der Waals surface area contributed by atoms with Crippen molar-refractivity contribution in [3.05, 3.63) is 71.9 Å². The Bertz CT molecular complexity index is 1800. The van der Waals surface area contributed by atoms with Gasteiger partial charge in [-0.1, -0.05) is 24.8 Å². The molecule has 1 atom stereocenters. The number of amides is 5. The quantitative estimate of drug-likeness (QED) is 0.257. The zero-order valence-electron chi connectivity index (χ0n) is 25.3. The van der Waals surface area contributed by atoms with Crippen LogP contribution in [0.4, 0.5) is 17.2 Å². The molecular formula is C32H32N8O7. The maximum absolute atomic E-state index is 13.3. The van der Waals surface area contributed by atoms with Crippen LogP contribution in [0.15, 0.2) is 60.8 Å². The summed E-state index contributed by atoms with van der Waals surface area (Å²) in [5.41, 5.74) is 8.44. The third-order valence-electron chi connectivity index (χ3n) is 8.27. The van der Waals surface area contributed by atoms with Gasteiger partial charge in [-0.15, -0.1) is 10.2 Å². The molecule has 0 bridgehead atoms. The number of fused-ring (bicyclic) bond motifs is 1. The number of nitrogens with two attached hydrogens (primary N) is 1. The molecule has 3 aliphatic heterocycles. The lowest BCUT2D eigenvalue weighted by molar-refractivity contribution is -0.137. The van der Waals surface area contributed by atoms with Crippen molar-refractivity contribution >= 4 is 46.7 Å². The number of hydrogen-bond donors (Lipinski definition) is 4. The van der Waals surface area contributed by atoms with Crippen LogP contribution in [0.1, 0.15) is 33.6 Å². The van der Waals surface area contributed by atoms with Crippen LogP contribution in [0.2, 0.25) is 0 Å². The summed E-state index contributed by atoms with van der Waals surface area (Å²) in [6.45, 7) is 4.58. The normalized spacial score (nSPS) is 17.9. The Morgan fingerprint density at radius 3 is 2.49 bits per heavy atom. The highest BCUT2D eigenvalue weighted by molar-refractivity contribution is 6.25.